The van der Waals surface area contributed by atoms with Gasteiger partial charge in [-0.2, -0.15) is 0 Å². The topological polar surface area (TPSA) is 13.1 Å². The molecule has 172 valence electrons. The first-order chi connectivity index (χ1) is 18.3. The standard InChI is InChI=1S/C36H22O/c1-2-10-24-19-27(18-17-23(24)9-1)35-28-13-5-7-15-30(28)36(31-16-8-6-14-29(31)35)33-22-37-34-21-26-12-4-3-11-25(26)20-32(33)34/h1-22H. The van der Waals surface area contributed by atoms with Crippen molar-refractivity contribution in [1.29, 1.82) is 0 Å². The molecular formula is C36H22O. The van der Waals surface area contributed by atoms with Crippen molar-refractivity contribution < 1.29 is 4.42 Å². The van der Waals surface area contributed by atoms with Crippen LogP contribution in [0.25, 0.3) is 76.3 Å². The van der Waals surface area contributed by atoms with Crippen molar-refractivity contribution in [2.75, 3.05) is 0 Å². The van der Waals surface area contributed by atoms with Gasteiger partial charge in [0.15, 0.2) is 0 Å². The van der Waals surface area contributed by atoms with Gasteiger partial charge in [0, 0.05) is 16.5 Å². The van der Waals surface area contributed by atoms with E-state index in [1.54, 1.807) is 0 Å². The summed E-state index contributed by atoms with van der Waals surface area (Å²) >= 11 is 0. The van der Waals surface area contributed by atoms with Crippen LogP contribution in [0.15, 0.2) is 138 Å². The largest absolute Gasteiger partial charge is 0.464 e. The SMILES string of the molecule is c1ccc2cc(-c3c4ccccc4c(-c4coc5cc6ccccc6cc45)c4ccccc34)ccc2c1. The van der Waals surface area contributed by atoms with E-state index in [2.05, 4.69) is 127 Å². The lowest BCUT2D eigenvalue weighted by molar-refractivity contribution is 0.617. The van der Waals surface area contributed by atoms with E-state index in [0.29, 0.717) is 0 Å². The third kappa shape index (κ3) is 3.04. The fourth-order valence-electron chi connectivity index (χ4n) is 5.98. The van der Waals surface area contributed by atoms with Gasteiger partial charge in [0.25, 0.3) is 0 Å². The Balaban J connectivity index is 1.50. The van der Waals surface area contributed by atoms with Crippen LogP contribution in [0, 0.1) is 0 Å². The minimum atomic E-state index is 0.917. The number of rotatable bonds is 2. The van der Waals surface area contributed by atoms with Crippen molar-refractivity contribution in [2.45, 2.75) is 0 Å². The van der Waals surface area contributed by atoms with Crippen LogP contribution in [0.2, 0.25) is 0 Å². The average Bonchev–Trinajstić information content (AvgIpc) is 3.36. The molecule has 0 radical (unpaired) electrons. The number of hydrogen-bond donors (Lipinski definition) is 0. The lowest BCUT2D eigenvalue weighted by Gasteiger charge is -2.17. The first-order valence-corrected chi connectivity index (χ1v) is 12.7. The second-order valence-corrected chi connectivity index (χ2v) is 9.75. The molecular weight excluding hydrogens is 448 g/mol. The monoisotopic (exact) mass is 470 g/mol. The van der Waals surface area contributed by atoms with Gasteiger partial charge >= 0.3 is 0 Å². The predicted molar refractivity (Wildman–Crippen MR) is 157 cm³/mol. The summed E-state index contributed by atoms with van der Waals surface area (Å²) in [5, 5.41) is 11.0. The van der Waals surface area contributed by atoms with Gasteiger partial charge in [-0.05, 0) is 72.4 Å². The lowest BCUT2D eigenvalue weighted by atomic mass is 9.85. The second kappa shape index (κ2) is 7.81. The third-order valence-electron chi connectivity index (χ3n) is 7.68. The fraction of sp³-hybridized carbons (Fsp3) is 0. The van der Waals surface area contributed by atoms with Gasteiger partial charge < -0.3 is 4.42 Å². The molecule has 1 heteroatoms. The zero-order chi connectivity index (χ0) is 24.3. The Morgan fingerprint density at radius 3 is 1.54 bits per heavy atom. The summed E-state index contributed by atoms with van der Waals surface area (Å²) in [5.74, 6) is 0. The zero-order valence-corrected chi connectivity index (χ0v) is 20.1. The summed E-state index contributed by atoms with van der Waals surface area (Å²) in [7, 11) is 0. The Morgan fingerprint density at radius 2 is 0.892 bits per heavy atom. The van der Waals surface area contributed by atoms with Gasteiger partial charge in [0.05, 0.1) is 6.26 Å². The highest BCUT2D eigenvalue weighted by atomic mass is 16.3. The van der Waals surface area contributed by atoms with Gasteiger partial charge in [-0.3, -0.25) is 0 Å². The highest BCUT2D eigenvalue weighted by Gasteiger charge is 2.19. The molecule has 0 spiro atoms. The van der Waals surface area contributed by atoms with Crippen LogP contribution in [0.4, 0.5) is 0 Å². The first-order valence-electron chi connectivity index (χ1n) is 12.7. The summed E-state index contributed by atoms with van der Waals surface area (Å²) < 4.78 is 6.17. The molecule has 0 amide bonds. The van der Waals surface area contributed by atoms with Gasteiger partial charge in [-0.1, -0.05) is 109 Å². The number of hydrogen-bond acceptors (Lipinski definition) is 1. The average molecular weight is 471 g/mol. The van der Waals surface area contributed by atoms with Crippen molar-refractivity contribution >= 4 is 54.1 Å². The van der Waals surface area contributed by atoms with Gasteiger partial charge in [0.2, 0.25) is 0 Å². The maximum absolute atomic E-state index is 6.17. The number of fused-ring (bicyclic) bond motifs is 5. The molecule has 0 saturated carbocycles. The Bertz CT molecular complexity index is 2090. The quantitative estimate of drug-likeness (QED) is 0.229. The first kappa shape index (κ1) is 20.3. The summed E-state index contributed by atoms with van der Waals surface area (Å²) in [6.07, 6.45) is 1.94. The third-order valence-corrected chi connectivity index (χ3v) is 7.68. The van der Waals surface area contributed by atoms with Crippen molar-refractivity contribution in [3.63, 3.8) is 0 Å². The molecule has 8 rings (SSSR count). The molecule has 7 aromatic carbocycles. The minimum absolute atomic E-state index is 0.917. The van der Waals surface area contributed by atoms with E-state index in [4.69, 9.17) is 4.42 Å². The van der Waals surface area contributed by atoms with Crippen LogP contribution >= 0.6 is 0 Å². The van der Waals surface area contributed by atoms with E-state index < -0.39 is 0 Å². The normalized spacial score (nSPS) is 11.8. The number of furan rings is 1. The molecule has 0 saturated heterocycles. The molecule has 0 aliphatic carbocycles. The van der Waals surface area contributed by atoms with E-state index >= 15 is 0 Å². The van der Waals surface area contributed by atoms with E-state index in [9.17, 15) is 0 Å². The zero-order valence-electron chi connectivity index (χ0n) is 20.1. The Kier molecular flexibility index (Phi) is 4.29. The van der Waals surface area contributed by atoms with Crippen LogP contribution in [0.1, 0.15) is 0 Å². The second-order valence-electron chi connectivity index (χ2n) is 9.75. The fourth-order valence-corrected chi connectivity index (χ4v) is 5.98. The van der Waals surface area contributed by atoms with Gasteiger partial charge in [-0.25, -0.2) is 0 Å². The van der Waals surface area contributed by atoms with E-state index in [1.165, 1.54) is 59.8 Å². The Morgan fingerprint density at radius 1 is 0.378 bits per heavy atom. The lowest BCUT2D eigenvalue weighted by Crippen LogP contribution is -1.90. The highest BCUT2D eigenvalue weighted by molar-refractivity contribution is 6.24. The van der Waals surface area contributed by atoms with Gasteiger partial charge in [-0.15, -0.1) is 0 Å². The molecule has 1 aromatic heterocycles. The van der Waals surface area contributed by atoms with Crippen molar-refractivity contribution in [3.8, 4) is 22.3 Å². The molecule has 1 nitrogen and oxygen atoms in total. The molecule has 0 atom stereocenters. The van der Waals surface area contributed by atoms with Crippen molar-refractivity contribution in [3.05, 3.63) is 134 Å². The predicted octanol–water partition coefficient (Wildman–Crippen LogP) is 10.4. The van der Waals surface area contributed by atoms with E-state index in [-0.39, 0.29) is 0 Å². The molecule has 0 N–H and O–H groups in total. The number of benzene rings is 7. The van der Waals surface area contributed by atoms with E-state index in [1.807, 2.05) is 6.26 Å². The summed E-state index contributed by atoms with van der Waals surface area (Å²) in [5.41, 5.74) is 5.79. The summed E-state index contributed by atoms with van der Waals surface area (Å²) in [6, 6.07) is 45.9. The van der Waals surface area contributed by atoms with Crippen LogP contribution < -0.4 is 0 Å². The summed E-state index contributed by atoms with van der Waals surface area (Å²) in [6.45, 7) is 0. The smallest absolute Gasteiger partial charge is 0.135 e. The van der Waals surface area contributed by atoms with E-state index in [0.717, 1.165) is 16.5 Å². The van der Waals surface area contributed by atoms with Crippen LogP contribution in [0.3, 0.4) is 0 Å². The molecule has 0 bridgehead atoms. The molecule has 0 fully saturated rings. The summed E-state index contributed by atoms with van der Waals surface area (Å²) in [4.78, 5) is 0. The molecule has 0 unspecified atom stereocenters. The van der Waals surface area contributed by atoms with Crippen molar-refractivity contribution in [1.82, 2.24) is 0 Å². The molecule has 8 aromatic rings. The minimum Gasteiger partial charge on any atom is -0.464 e. The molecule has 37 heavy (non-hydrogen) atoms. The maximum Gasteiger partial charge on any atom is 0.135 e. The van der Waals surface area contributed by atoms with Crippen molar-refractivity contribution in [2.24, 2.45) is 0 Å². The van der Waals surface area contributed by atoms with Gasteiger partial charge in [0.1, 0.15) is 5.58 Å². The van der Waals surface area contributed by atoms with Crippen LogP contribution in [0.5, 0.6) is 0 Å². The molecule has 0 aliphatic rings. The Labute approximate surface area is 214 Å². The maximum atomic E-state index is 6.17. The highest BCUT2D eigenvalue weighted by Crippen LogP contribution is 2.46. The Hall–Kier alpha value is -4.88. The molecule has 0 aliphatic heterocycles. The van der Waals surface area contributed by atoms with Crippen LogP contribution in [-0.2, 0) is 0 Å². The van der Waals surface area contributed by atoms with Crippen LogP contribution in [-0.4, -0.2) is 0 Å². The molecule has 1 heterocycles.